The van der Waals surface area contributed by atoms with E-state index in [0.717, 1.165) is 5.69 Å². The maximum absolute atomic E-state index is 11.7. The Morgan fingerprint density at radius 2 is 1.81 bits per heavy atom. The minimum atomic E-state index is -0.137. The van der Waals surface area contributed by atoms with Gasteiger partial charge in [0.25, 0.3) is 0 Å². The smallest absolute Gasteiger partial charge is 0.224 e. The molecule has 5 nitrogen and oxygen atoms in total. The lowest BCUT2D eigenvalue weighted by molar-refractivity contribution is -0.116. The summed E-state index contributed by atoms with van der Waals surface area (Å²) in [6, 6.07) is 7.09. The number of carbonyl (C=O) groups is 1. The molecule has 0 saturated carbocycles. The van der Waals surface area contributed by atoms with E-state index in [-0.39, 0.29) is 11.5 Å². The first-order valence-electron chi connectivity index (χ1n) is 7.24. The number of hydrogen-bond acceptors (Lipinski definition) is 4. The summed E-state index contributed by atoms with van der Waals surface area (Å²) in [5, 5.41) is 2.82. The van der Waals surface area contributed by atoms with Crippen LogP contribution in [0.4, 0.5) is 11.4 Å². The van der Waals surface area contributed by atoms with Crippen molar-refractivity contribution in [2.24, 2.45) is 0 Å². The molecule has 0 heterocycles. The molecule has 1 rings (SSSR count). The molecule has 0 atom stereocenters. The molecule has 0 aliphatic carbocycles. The third-order valence-electron chi connectivity index (χ3n) is 2.65. The van der Waals surface area contributed by atoms with Crippen LogP contribution in [-0.4, -0.2) is 31.3 Å². The van der Waals surface area contributed by atoms with Gasteiger partial charge in [0.15, 0.2) is 0 Å². The fourth-order valence-corrected chi connectivity index (χ4v) is 1.63. The standard InChI is InChI=1S/C16H26N2O3/c1-16(2,3)21-12-11-20-10-4-5-15(19)18-14-8-6-13(17)7-9-14/h6-9H,4-5,10-12,17H2,1-3H3,(H,18,19). The Bertz CT molecular complexity index is 424. The number of nitrogens with two attached hydrogens (primary N) is 1. The van der Waals surface area contributed by atoms with E-state index in [2.05, 4.69) is 5.32 Å². The van der Waals surface area contributed by atoms with Crippen LogP contribution in [0.3, 0.4) is 0 Å². The third kappa shape index (κ3) is 9.05. The summed E-state index contributed by atoms with van der Waals surface area (Å²) in [5.74, 6) is -0.0192. The van der Waals surface area contributed by atoms with Gasteiger partial charge in [-0.25, -0.2) is 0 Å². The highest BCUT2D eigenvalue weighted by Crippen LogP contribution is 2.11. The highest BCUT2D eigenvalue weighted by molar-refractivity contribution is 5.90. The lowest BCUT2D eigenvalue weighted by Crippen LogP contribution is -2.22. The van der Waals surface area contributed by atoms with Gasteiger partial charge >= 0.3 is 0 Å². The van der Waals surface area contributed by atoms with Gasteiger partial charge in [-0.05, 0) is 51.5 Å². The molecular weight excluding hydrogens is 268 g/mol. The zero-order valence-electron chi connectivity index (χ0n) is 13.1. The van der Waals surface area contributed by atoms with Crippen LogP contribution in [0.5, 0.6) is 0 Å². The Hall–Kier alpha value is -1.59. The van der Waals surface area contributed by atoms with Gasteiger partial charge in [-0.15, -0.1) is 0 Å². The minimum absolute atomic E-state index is 0.0192. The summed E-state index contributed by atoms with van der Waals surface area (Å²) >= 11 is 0. The quantitative estimate of drug-likeness (QED) is 0.571. The van der Waals surface area contributed by atoms with Gasteiger partial charge in [0.05, 0.1) is 18.8 Å². The number of nitrogen functional groups attached to an aromatic ring is 1. The lowest BCUT2D eigenvalue weighted by atomic mass is 10.2. The van der Waals surface area contributed by atoms with E-state index in [1.807, 2.05) is 20.8 Å². The molecule has 1 amide bonds. The van der Waals surface area contributed by atoms with E-state index in [4.69, 9.17) is 15.2 Å². The van der Waals surface area contributed by atoms with Crippen molar-refractivity contribution in [2.45, 2.75) is 39.2 Å². The first-order chi connectivity index (χ1) is 9.87. The van der Waals surface area contributed by atoms with E-state index in [9.17, 15) is 4.79 Å². The van der Waals surface area contributed by atoms with Crippen LogP contribution in [-0.2, 0) is 14.3 Å². The van der Waals surface area contributed by atoms with Crippen molar-refractivity contribution in [3.05, 3.63) is 24.3 Å². The minimum Gasteiger partial charge on any atom is -0.399 e. The molecule has 3 N–H and O–H groups in total. The number of nitrogens with one attached hydrogen (secondary N) is 1. The average Bonchev–Trinajstić information content (AvgIpc) is 2.39. The Balaban J connectivity index is 2.05. The van der Waals surface area contributed by atoms with Gasteiger partial charge in [-0.2, -0.15) is 0 Å². The Kier molecular flexibility index (Phi) is 7.19. The Morgan fingerprint density at radius 3 is 2.43 bits per heavy atom. The highest BCUT2D eigenvalue weighted by atomic mass is 16.5. The summed E-state index contributed by atoms with van der Waals surface area (Å²) in [6.07, 6.45) is 1.13. The number of ether oxygens (including phenoxy) is 2. The molecule has 5 heteroatoms. The molecule has 118 valence electrons. The molecule has 1 aromatic rings. The van der Waals surface area contributed by atoms with Gasteiger partial charge in [0.1, 0.15) is 0 Å². The molecule has 1 aromatic carbocycles. The summed E-state index contributed by atoms with van der Waals surface area (Å²) in [6.45, 7) is 7.71. The predicted octanol–water partition coefficient (Wildman–Crippen LogP) is 2.82. The van der Waals surface area contributed by atoms with Gasteiger partial charge in [0.2, 0.25) is 5.91 Å². The summed E-state index contributed by atoms with van der Waals surface area (Å²) in [7, 11) is 0. The number of rotatable bonds is 8. The summed E-state index contributed by atoms with van der Waals surface area (Å²) < 4.78 is 11.0. The molecule has 0 aliphatic heterocycles. The summed E-state index contributed by atoms with van der Waals surface area (Å²) in [4.78, 5) is 11.7. The Labute approximate surface area is 126 Å². The average molecular weight is 294 g/mol. The molecule has 0 unspecified atom stereocenters. The van der Waals surface area contributed by atoms with Crippen molar-refractivity contribution in [1.82, 2.24) is 0 Å². The van der Waals surface area contributed by atoms with Gasteiger partial charge in [-0.3, -0.25) is 4.79 Å². The van der Waals surface area contributed by atoms with E-state index in [1.165, 1.54) is 0 Å². The van der Waals surface area contributed by atoms with E-state index in [0.29, 0.717) is 38.3 Å². The maximum Gasteiger partial charge on any atom is 0.224 e. The molecule has 0 aliphatic rings. The second-order valence-electron chi connectivity index (χ2n) is 5.85. The van der Waals surface area contributed by atoms with E-state index in [1.54, 1.807) is 24.3 Å². The second kappa shape index (κ2) is 8.64. The first kappa shape index (κ1) is 17.5. The van der Waals surface area contributed by atoms with Crippen LogP contribution in [0.25, 0.3) is 0 Å². The molecular formula is C16H26N2O3. The third-order valence-corrected chi connectivity index (χ3v) is 2.65. The number of benzene rings is 1. The molecule has 0 radical (unpaired) electrons. The van der Waals surface area contributed by atoms with Gasteiger partial charge in [0, 0.05) is 24.4 Å². The first-order valence-corrected chi connectivity index (χ1v) is 7.24. The number of anilines is 2. The fourth-order valence-electron chi connectivity index (χ4n) is 1.63. The second-order valence-corrected chi connectivity index (χ2v) is 5.85. The number of hydrogen-bond donors (Lipinski definition) is 2. The van der Waals surface area contributed by atoms with Crippen molar-refractivity contribution >= 4 is 17.3 Å². The van der Waals surface area contributed by atoms with E-state index < -0.39 is 0 Å². The van der Waals surface area contributed by atoms with Crippen molar-refractivity contribution in [3.8, 4) is 0 Å². The molecule has 0 spiro atoms. The van der Waals surface area contributed by atoms with Crippen LogP contribution in [0, 0.1) is 0 Å². The van der Waals surface area contributed by atoms with Crippen molar-refractivity contribution < 1.29 is 14.3 Å². The Morgan fingerprint density at radius 1 is 1.14 bits per heavy atom. The molecule has 0 bridgehead atoms. The molecule has 0 fully saturated rings. The van der Waals surface area contributed by atoms with Crippen LogP contribution in [0.2, 0.25) is 0 Å². The normalized spacial score (nSPS) is 11.4. The zero-order valence-corrected chi connectivity index (χ0v) is 13.1. The monoisotopic (exact) mass is 294 g/mol. The van der Waals surface area contributed by atoms with Crippen LogP contribution in [0.15, 0.2) is 24.3 Å². The van der Waals surface area contributed by atoms with Crippen molar-refractivity contribution in [3.63, 3.8) is 0 Å². The predicted molar refractivity (Wildman–Crippen MR) is 85.2 cm³/mol. The SMILES string of the molecule is CC(C)(C)OCCOCCCC(=O)Nc1ccc(N)cc1. The highest BCUT2D eigenvalue weighted by Gasteiger charge is 2.09. The van der Waals surface area contributed by atoms with Gasteiger partial charge in [-0.1, -0.05) is 0 Å². The summed E-state index contributed by atoms with van der Waals surface area (Å²) in [5.41, 5.74) is 6.88. The van der Waals surface area contributed by atoms with Crippen molar-refractivity contribution in [1.29, 1.82) is 0 Å². The van der Waals surface area contributed by atoms with Crippen LogP contribution >= 0.6 is 0 Å². The number of amides is 1. The molecule has 0 aromatic heterocycles. The fraction of sp³-hybridized carbons (Fsp3) is 0.562. The van der Waals surface area contributed by atoms with E-state index >= 15 is 0 Å². The lowest BCUT2D eigenvalue weighted by Gasteiger charge is -2.19. The molecule has 21 heavy (non-hydrogen) atoms. The molecule has 0 saturated heterocycles. The van der Waals surface area contributed by atoms with Crippen LogP contribution in [0.1, 0.15) is 33.6 Å². The maximum atomic E-state index is 11.7. The van der Waals surface area contributed by atoms with Crippen molar-refractivity contribution in [2.75, 3.05) is 30.9 Å². The number of carbonyl (C=O) groups excluding carboxylic acids is 1. The van der Waals surface area contributed by atoms with Gasteiger partial charge < -0.3 is 20.5 Å². The largest absolute Gasteiger partial charge is 0.399 e. The zero-order chi connectivity index (χ0) is 15.7. The topological polar surface area (TPSA) is 73.6 Å². The van der Waals surface area contributed by atoms with Crippen LogP contribution < -0.4 is 11.1 Å².